The molecular formula is C9H12O2S2. The first-order valence-electron chi connectivity index (χ1n) is 4.17. The van der Waals surface area contributed by atoms with Gasteiger partial charge in [0.25, 0.3) is 0 Å². The Labute approximate surface area is 86.0 Å². The van der Waals surface area contributed by atoms with Crippen LogP contribution in [0.4, 0.5) is 0 Å². The van der Waals surface area contributed by atoms with E-state index in [2.05, 4.69) is 0 Å². The molecule has 1 aromatic heterocycles. The van der Waals surface area contributed by atoms with Crippen LogP contribution in [0.25, 0.3) is 0 Å². The minimum Gasteiger partial charge on any atom is -0.477 e. The van der Waals surface area contributed by atoms with Crippen molar-refractivity contribution in [2.75, 3.05) is 5.75 Å². The zero-order chi connectivity index (χ0) is 9.84. The number of rotatable bonds is 4. The van der Waals surface area contributed by atoms with Crippen LogP contribution in [0.2, 0.25) is 0 Å². The highest BCUT2D eigenvalue weighted by Gasteiger charge is 2.14. The van der Waals surface area contributed by atoms with Gasteiger partial charge in [-0.15, -0.1) is 23.1 Å². The molecule has 2 nitrogen and oxygen atoms in total. The second kappa shape index (κ2) is 4.67. The standard InChI is InChI=1S/C9H12O2S2/c1-3-6-5-7(12-4-2)8(13-6)9(10)11/h5H,3-4H2,1-2H3,(H,10,11). The van der Waals surface area contributed by atoms with Crippen molar-refractivity contribution in [2.24, 2.45) is 0 Å². The Morgan fingerprint density at radius 1 is 1.62 bits per heavy atom. The Morgan fingerprint density at radius 2 is 2.31 bits per heavy atom. The summed E-state index contributed by atoms with van der Waals surface area (Å²) in [4.78, 5) is 13.4. The average Bonchev–Trinajstić information content (AvgIpc) is 2.48. The van der Waals surface area contributed by atoms with E-state index in [0.717, 1.165) is 21.9 Å². The normalized spacial score (nSPS) is 10.3. The summed E-state index contributed by atoms with van der Waals surface area (Å²) in [5.74, 6) is 0.112. The van der Waals surface area contributed by atoms with E-state index in [1.807, 2.05) is 19.9 Å². The molecule has 0 unspecified atom stereocenters. The number of aromatic carboxylic acids is 1. The molecule has 0 aliphatic rings. The molecule has 0 atom stereocenters. The maximum atomic E-state index is 10.8. The molecule has 1 N–H and O–H groups in total. The SMILES string of the molecule is CCSc1cc(CC)sc1C(=O)O. The lowest BCUT2D eigenvalue weighted by molar-refractivity contribution is 0.0699. The molecule has 0 saturated heterocycles. The quantitative estimate of drug-likeness (QED) is 0.786. The number of aryl methyl sites for hydroxylation is 1. The molecule has 72 valence electrons. The van der Waals surface area contributed by atoms with E-state index >= 15 is 0 Å². The van der Waals surface area contributed by atoms with Gasteiger partial charge in [-0.25, -0.2) is 4.79 Å². The summed E-state index contributed by atoms with van der Waals surface area (Å²) in [6, 6.07) is 1.99. The molecule has 1 rings (SSSR count). The molecule has 0 saturated carbocycles. The van der Waals surface area contributed by atoms with Gasteiger partial charge in [0.05, 0.1) is 0 Å². The average molecular weight is 216 g/mol. The van der Waals surface area contributed by atoms with Gasteiger partial charge in [-0.3, -0.25) is 0 Å². The van der Waals surface area contributed by atoms with E-state index in [9.17, 15) is 4.79 Å². The summed E-state index contributed by atoms with van der Waals surface area (Å²) in [7, 11) is 0. The lowest BCUT2D eigenvalue weighted by atomic mass is 10.3. The number of carboxylic acid groups (broad SMARTS) is 1. The number of thioether (sulfide) groups is 1. The van der Waals surface area contributed by atoms with Crippen LogP contribution in [0.1, 0.15) is 28.4 Å². The second-order valence-corrected chi connectivity index (χ2v) is 4.94. The molecule has 0 aromatic carbocycles. The summed E-state index contributed by atoms with van der Waals surface area (Å²) in [6.07, 6.45) is 0.912. The Kier molecular flexibility index (Phi) is 3.81. The van der Waals surface area contributed by atoms with E-state index < -0.39 is 5.97 Å². The van der Waals surface area contributed by atoms with Gasteiger partial charge in [0.1, 0.15) is 4.88 Å². The summed E-state index contributed by atoms with van der Waals surface area (Å²) in [5.41, 5.74) is 0. The van der Waals surface area contributed by atoms with Gasteiger partial charge in [0, 0.05) is 9.77 Å². The van der Waals surface area contributed by atoms with Crippen molar-refractivity contribution in [1.29, 1.82) is 0 Å². The van der Waals surface area contributed by atoms with Crippen LogP contribution in [-0.2, 0) is 6.42 Å². The lowest BCUT2D eigenvalue weighted by Crippen LogP contribution is -1.93. The third-order valence-corrected chi connectivity index (χ3v) is 3.91. The molecule has 0 aliphatic carbocycles. The molecular weight excluding hydrogens is 204 g/mol. The van der Waals surface area contributed by atoms with Crippen molar-refractivity contribution in [3.05, 3.63) is 15.8 Å². The third kappa shape index (κ3) is 2.48. The molecule has 4 heteroatoms. The fraction of sp³-hybridized carbons (Fsp3) is 0.444. The van der Waals surface area contributed by atoms with Gasteiger partial charge in [-0.1, -0.05) is 13.8 Å². The van der Waals surface area contributed by atoms with Crippen LogP contribution in [0.3, 0.4) is 0 Å². The molecule has 1 aromatic rings. The van der Waals surface area contributed by atoms with Crippen molar-refractivity contribution < 1.29 is 9.90 Å². The molecule has 0 radical (unpaired) electrons. The minimum absolute atomic E-state index is 0.490. The largest absolute Gasteiger partial charge is 0.477 e. The molecule has 0 spiro atoms. The van der Waals surface area contributed by atoms with Crippen molar-refractivity contribution in [3.8, 4) is 0 Å². The van der Waals surface area contributed by atoms with Gasteiger partial charge in [0.2, 0.25) is 0 Å². The number of carbonyl (C=O) groups is 1. The smallest absolute Gasteiger partial charge is 0.347 e. The fourth-order valence-electron chi connectivity index (χ4n) is 1.01. The molecule has 0 fully saturated rings. The highest BCUT2D eigenvalue weighted by atomic mass is 32.2. The second-order valence-electron chi connectivity index (χ2n) is 2.50. The Morgan fingerprint density at radius 3 is 2.77 bits per heavy atom. The zero-order valence-electron chi connectivity index (χ0n) is 7.66. The van der Waals surface area contributed by atoms with E-state index in [1.165, 1.54) is 11.3 Å². The summed E-state index contributed by atoms with van der Waals surface area (Å²) >= 11 is 2.98. The summed E-state index contributed by atoms with van der Waals surface area (Å²) < 4.78 is 0. The van der Waals surface area contributed by atoms with Crippen molar-refractivity contribution >= 4 is 29.1 Å². The lowest BCUT2D eigenvalue weighted by Gasteiger charge is -1.94. The van der Waals surface area contributed by atoms with Gasteiger partial charge in [-0.2, -0.15) is 0 Å². The third-order valence-electron chi connectivity index (χ3n) is 1.59. The Balaban J connectivity index is 3.00. The maximum Gasteiger partial charge on any atom is 0.347 e. The number of hydrogen-bond donors (Lipinski definition) is 1. The summed E-state index contributed by atoms with van der Waals surface area (Å²) in [5, 5.41) is 8.90. The Bertz CT molecular complexity index is 305. The molecule has 0 amide bonds. The molecule has 0 bridgehead atoms. The van der Waals surface area contributed by atoms with Gasteiger partial charge >= 0.3 is 5.97 Å². The van der Waals surface area contributed by atoms with E-state index in [1.54, 1.807) is 11.8 Å². The number of hydrogen-bond acceptors (Lipinski definition) is 3. The summed E-state index contributed by atoms with van der Waals surface area (Å²) in [6.45, 7) is 4.07. The highest BCUT2D eigenvalue weighted by Crippen LogP contribution is 2.31. The first-order chi connectivity index (χ1) is 6.19. The minimum atomic E-state index is -0.805. The molecule has 13 heavy (non-hydrogen) atoms. The fourth-order valence-corrected chi connectivity index (χ4v) is 2.97. The molecule has 0 aliphatic heterocycles. The van der Waals surface area contributed by atoms with Crippen molar-refractivity contribution in [2.45, 2.75) is 25.2 Å². The first-order valence-corrected chi connectivity index (χ1v) is 5.98. The van der Waals surface area contributed by atoms with Crippen LogP contribution < -0.4 is 0 Å². The van der Waals surface area contributed by atoms with Crippen LogP contribution in [0.5, 0.6) is 0 Å². The number of carboxylic acids is 1. The zero-order valence-corrected chi connectivity index (χ0v) is 9.30. The first kappa shape index (κ1) is 10.6. The highest BCUT2D eigenvalue weighted by molar-refractivity contribution is 7.99. The maximum absolute atomic E-state index is 10.8. The predicted molar refractivity (Wildman–Crippen MR) is 57.1 cm³/mol. The van der Waals surface area contributed by atoms with Gasteiger partial charge in [0.15, 0.2) is 0 Å². The van der Waals surface area contributed by atoms with Crippen LogP contribution in [0, 0.1) is 0 Å². The van der Waals surface area contributed by atoms with Crippen molar-refractivity contribution in [3.63, 3.8) is 0 Å². The van der Waals surface area contributed by atoms with Crippen LogP contribution in [-0.4, -0.2) is 16.8 Å². The van der Waals surface area contributed by atoms with E-state index in [-0.39, 0.29) is 0 Å². The Hall–Kier alpha value is -0.480. The topological polar surface area (TPSA) is 37.3 Å². The van der Waals surface area contributed by atoms with Crippen LogP contribution in [0.15, 0.2) is 11.0 Å². The number of thiophene rings is 1. The van der Waals surface area contributed by atoms with Gasteiger partial charge < -0.3 is 5.11 Å². The predicted octanol–water partition coefficient (Wildman–Crippen LogP) is 3.12. The molecule has 1 heterocycles. The van der Waals surface area contributed by atoms with Gasteiger partial charge in [-0.05, 0) is 18.2 Å². The van der Waals surface area contributed by atoms with Crippen LogP contribution >= 0.6 is 23.1 Å². The van der Waals surface area contributed by atoms with Crippen molar-refractivity contribution in [1.82, 2.24) is 0 Å². The van der Waals surface area contributed by atoms with E-state index in [4.69, 9.17) is 5.11 Å². The monoisotopic (exact) mass is 216 g/mol. The van der Waals surface area contributed by atoms with E-state index in [0.29, 0.717) is 4.88 Å².